The van der Waals surface area contributed by atoms with E-state index in [1.54, 1.807) is 0 Å². The summed E-state index contributed by atoms with van der Waals surface area (Å²) < 4.78 is 0. The molecule has 0 atom stereocenters. The molecule has 0 nitrogen and oxygen atoms in total. The van der Waals surface area contributed by atoms with Crippen molar-refractivity contribution in [1.29, 1.82) is 0 Å². The SMILES string of the molecule is c1ccc(-c2ccc(Cc3cccc(C4(c5ccccc5)c5ccccc5-c5ccccc54)c3)cc2)cc1. The van der Waals surface area contributed by atoms with Gasteiger partial charge in [-0.25, -0.2) is 0 Å². The monoisotopic (exact) mass is 484 g/mol. The van der Waals surface area contributed by atoms with Crippen LogP contribution in [0.4, 0.5) is 0 Å². The zero-order valence-corrected chi connectivity index (χ0v) is 21.2. The lowest BCUT2D eigenvalue weighted by Gasteiger charge is -2.34. The van der Waals surface area contributed by atoms with E-state index >= 15 is 0 Å². The molecule has 0 radical (unpaired) electrons. The maximum Gasteiger partial charge on any atom is 0.0713 e. The van der Waals surface area contributed by atoms with Crippen LogP contribution in [0.25, 0.3) is 22.3 Å². The molecule has 0 aliphatic heterocycles. The smallest absolute Gasteiger partial charge is 0.0622 e. The van der Waals surface area contributed by atoms with Crippen molar-refractivity contribution in [1.82, 2.24) is 0 Å². The average Bonchev–Trinajstić information content (AvgIpc) is 3.30. The molecule has 7 rings (SSSR count). The maximum atomic E-state index is 2.43. The molecule has 1 aliphatic rings. The summed E-state index contributed by atoms with van der Waals surface area (Å²) in [5, 5.41) is 0. The summed E-state index contributed by atoms with van der Waals surface area (Å²) >= 11 is 0. The zero-order chi connectivity index (χ0) is 25.4. The van der Waals surface area contributed by atoms with E-state index < -0.39 is 0 Å². The van der Waals surface area contributed by atoms with Gasteiger partial charge in [0, 0.05) is 0 Å². The third kappa shape index (κ3) is 3.61. The number of benzene rings is 6. The molecule has 0 saturated carbocycles. The molecule has 38 heavy (non-hydrogen) atoms. The minimum Gasteiger partial charge on any atom is -0.0622 e. The second-order valence-electron chi connectivity index (χ2n) is 10.1. The highest BCUT2D eigenvalue weighted by molar-refractivity contribution is 5.86. The zero-order valence-electron chi connectivity index (χ0n) is 21.2. The normalized spacial score (nSPS) is 13.1. The molecule has 0 spiro atoms. The minimum absolute atomic E-state index is 0.346. The van der Waals surface area contributed by atoms with E-state index in [9.17, 15) is 0 Å². The van der Waals surface area contributed by atoms with Gasteiger partial charge in [-0.05, 0) is 62.1 Å². The van der Waals surface area contributed by atoms with Crippen LogP contribution in [0.3, 0.4) is 0 Å². The number of rotatable bonds is 5. The third-order valence-corrected chi connectivity index (χ3v) is 7.99. The molecule has 0 fully saturated rings. The van der Waals surface area contributed by atoms with E-state index in [0.29, 0.717) is 0 Å². The van der Waals surface area contributed by atoms with E-state index in [4.69, 9.17) is 0 Å². The van der Waals surface area contributed by atoms with Crippen molar-refractivity contribution in [2.45, 2.75) is 11.8 Å². The van der Waals surface area contributed by atoms with Crippen LogP contribution in [0.15, 0.2) is 158 Å². The van der Waals surface area contributed by atoms with Gasteiger partial charge in [-0.15, -0.1) is 0 Å². The molecule has 0 saturated heterocycles. The van der Waals surface area contributed by atoms with Crippen LogP contribution in [0.5, 0.6) is 0 Å². The molecule has 0 heteroatoms. The summed E-state index contributed by atoms with van der Waals surface area (Å²) in [5.41, 5.74) is 12.8. The van der Waals surface area contributed by atoms with Crippen LogP contribution in [0.2, 0.25) is 0 Å². The predicted octanol–water partition coefficient (Wildman–Crippen LogP) is 9.31. The third-order valence-electron chi connectivity index (χ3n) is 7.99. The lowest BCUT2D eigenvalue weighted by atomic mass is 9.67. The summed E-state index contributed by atoms with van der Waals surface area (Å²) in [5.74, 6) is 0. The van der Waals surface area contributed by atoms with Crippen LogP contribution in [-0.2, 0) is 11.8 Å². The molecular weight excluding hydrogens is 456 g/mol. The Kier molecular flexibility index (Phi) is 5.52. The Morgan fingerprint density at radius 3 is 1.55 bits per heavy atom. The molecular formula is C38H28. The van der Waals surface area contributed by atoms with Gasteiger partial charge in [0.05, 0.1) is 5.41 Å². The van der Waals surface area contributed by atoms with Gasteiger partial charge in [-0.3, -0.25) is 0 Å². The molecule has 0 bridgehead atoms. The van der Waals surface area contributed by atoms with Crippen LogP contribution in [0.1, 0.15) is 33.4 Å². The Morgan fingerprint density at radius 1 is 0.368 bits per heavy atom. The standard InChI is InChI=1S/C38H28/c1-3-13-30(14-4-1)31-24-22-28(23-25-31)26-29-12-11-17-33(27-29)38(32-15-5-2-6-16-32)36-20-9-7-18-34(36)35-19-8-10-21-37(35)38/h1-25,27H,26H2. The highest BCUT2D eigenvalue weighted by Crippen LogP contribution is 2.55. The van der Waals surface area contributed by atoms with E-state index in [-0.39, 0.29) is 5.41 Å². The van der Waals surface area contributed by atoms with Crippen molar-refractivity contribution in [3.63, 3.8) is 0 Å². The Bertz CT molecular complexity index is 1660. The topological polar surface area (TPSA) is 0 Å². The Hall–Kier alpha value is -4.68. The summed E-state index contributed by atoms with van der Waals surface area (Å²) in [7, 11) is 0. The van der Waals surface area contributed by atoms with Crippen molar-refractivity contribution in [2.75, 3.05) is 0 Å². The highest BCUT2D eigenvalue weighted by atomic mass is 14.5. The molecule has 6 aromatic rings. The van der Waals surface area contributed by atoms with Crippen LogP contribution in [-0.4, -0.2) is 0 Å². The molecule has 1 aliphatic carbocycles. The van der Waals surface area contributed by atoms with E-state index in [2.05, 4.69) is 158 Å². The van der Waals surface area contributed by atoms with Gasteiger partial charge >= 0.3 is 0 Å². The first-order chi connectivity index (χ1) is 18.8. The summed E-state index contributed by atoms with van der Waals surface area (Å²) in [6, 6.07) is 57.7. The molecule has 180 valence electrons. The molecule has 0 aromatic heterocycles. The van der Waals surface area contributed by atoms with Gasteiger partial charge in [0.25, 0.3) is 0 Å². The van der Waals surface area contributed by atoms with Gasteiger partial charge < -0.3 is 0 Å². The summed E-state index contributed by atoms with van der Waals surface area (Å²) in [4.78, 5) is 0. The average molecular weight is 485 g/mol. The first-order valence-electron chi connectivity index (χ1n) is 13.3. The van der Waals surface area contributed by atoms with E-state index in [0.717, 1.165) is 6.42 Å². The molecule has 0 heterocycles. The van der Waals surface area contributed by atoms with Gasteiger partial charge in [0.1, 0.15) is 0 Å². The fourth-order valence-corrected chi connectivity index (χ4v) is 6.31. The van der Waals surface area contributed by atoms with Crippen molar-refractivity contribution >= 4 is 0 Å². The lowest BCUT2D eigenvalue weighted by Crippen LogP contribution is -2.28. The van der Waals surface area contributed by atoms with Crippen LogP contribution < -0.4 is 0 Å². The Balaban J connectivity index is 1.34. The number of hydrogen-bond donors (Lipinski definition) is 0. The Morgan fingerprint density at radius 2 is 0.895 bits per heavy atom. The summed E-state index contributed by atoms with van der Waals surface area (Å²) in [6.45, 7) is 0. The fourth-order valence-electron chi connectivity index (χ4n) is 6.31. The number of fused-ring (bicyclic) bond motifs is 3. The van der Waals surface area contributed by atoms with E-state index in [1.807, 2.05) is 0 Å². The quantitative estimate of drug-likeness (QED) is 0.228. The second-order valence-corrected chi connectivity index (χ2v) is 10.1. The van der Waals surface area contributed by atoms with Crippen molar-refractivity contribution in [3.8, 4) is 22.3 Å². The first-order valence-corrected chi connectivity index (χ1v) is 13.3. The summed E-state index contributed by atoms with van der Waals surface area (Å²) in [6.07, 6.45) is 0.900. The van der Waals surface area contributed by atoms with Gasteiger partial charge in [-0.2, -0.15) is 0 Å². The number of hydrogen-bond acceptors (Lipinski definition) is 0. The van der Waals surface area contributed by atoms with E-state index in [1.165, 1.54) is 55.6 Å². The first kappa shape index (κ1) is 22.5. The molecule has 0 amide bonds. The highest BCUT2D eigenvalue weighted by Gasteiger charge is 2.45. The minimum atomic E-state index is -0.346. The van der Waals surface area contributed by atoms with Gasteiger partial charge in [0.2, 0.25) is 0 Å². The maximum absolute atomic E-state index is 2.43. The molecule has 0 unspecified atom stereocenters. The van der Waals surface area contributed by atoms with Gasteiger partial charge in [0.15, 0.2) is 0 Å². The van der Waals surface area contributed by atoms with Crippen LogP contribution >= 0.6 is 0 Å². The predicted molar refractivity (Wildman–Crippen MR) is 158 cm³/mol. The molecule has 6 aromatic carbocycles. The molecule has 0 N–H and O–H groups in total. The largest absolute Gasteiger partial charge is 0.0713 e. The van der Waals surface area contributed by atoms with Crippen molar-refractivity contribution < 1.29 is 0 Å². The van der Waals surface area contributed by atoms with Crippen molar-refractivity contribution in [2.24, 2.45) is 0 Å². The van der Waals surface area contributed by atoms with Gasteiger partial charge in [-0.1, -0.05) is 158 Å². The fraction of sp³-hybridized carbons (Fsp3) is 0.0526. The lowest BCUT2D eigenvalue weighted by molar-refractivity contribution is 0.766. The van der Waals surface area contributed by atoms with Crippen molar-refractivity contribution in [3.05, 3.63) is 191 Å². The van der Waals surface area contributed by atoms with Crippen LogP contribution in [0, 0.1) is 0 Å². The Labute approximate surface area is 224 Å². The second kappa shape index (κ2) is 9.32.